The van der Waals surface area contributed by atoms with Gasteiger partial charge in [-0.05, 0) is 30.7 Å². The fourth-order valence-electron chi connectivity index (χ4n) is 2.99. The minimum Gasteiger partial charge on any atom is -0.497 e. The molecule has 136 valence electrons. The summed E-state index contributed by atoms with van der Waals surface area (Å²) >= 11 is 1.40. The molecule has 0 aromatic heterocycles. The highest BCUT2D eigenvalue weighted by Gasteiger charge is 2.49. The van der Waals surface area contributed by atoms with Crippen LogP contribution in [0.4, 0.5) is 5.69 Å². The number of ether oxygens (including phenoxy) is 1. The van der Waals surface area contributed by atoms with Gasteiger partial charge in [-0.15, -0.1) is 0 Å². The van der Waals surface area contributed by atoms with Gasteiger partial charge in [0.2, 0.25) is 0 Å². The topological polar surface area (TPSA) is 76.0 Å². The Balaban J connectivity index is 1.97. The van der Waals surface area contributed by atoms with E-state index in [1.165, 1.54) is 11.8 Å². The van der Waals surface area contributed by atoms with Gasteiger partial charge in [0.25, 0.3) is 5.91 Å². The summed E-state index contributed by atoms with van der Waals surface area (Å²) in [6.45, 7) is 3.81. The molecule has 0 unspecified atom stereocenters. The SMILES string of the molecule is CC[C@@H](C)C(=O)N=C1S[C@H]2CS(=O)(=O)C[C@H]2N1c1ccc(OC)cc1. The molecule has 2 fully saturated rings. The van der Waals surface area contributed by atoms with Crippen LogP contribution >= 0.6 is 11.8 Å². The monoisotopic (exact) mass is 382 g/mol. The number of sulfone groups is 1. The third-order valence-electron chi connectivity index (χ3n) is 4.66. The minimum absolute atomic E-state index is 0.0874. The number of thioether (sulfide) groups is 1. The fourth-order valence-corrected chi connectivity index (χ4v) is 6.91. The van der Waals surface area contributed by atoms with Crippen molar-refractivity contribution in [1.29, 1.82) is 0 Å². The van der Waals surface area contributed by atoms with Gasteiger partial charge in [-0.1, -0.05) is 25.6 Å². The van der Waals surface area contributed by atoms with Crippen molar-refractivity contribution in [2.75, 3.05) is 23.5 Å². The molecular formula is C17H22N2O4S2. The second-order valence-corrected chi connectivity index (χ2v) is 9.77. The van der Waals surface area contributed by atoms with E-state index < -0.39 is 9.84 Å². The summed E-state index contributed by atoms with van der Waals surface area (Å²) in [6.07, 6.45) is 0.726. The number of nitrogens with zero attached hydrogens (tertiary/aromatic N) is 2. The summed E-state index contributed by atoms with van der Waals surface area (Å²) < 4.78 is 29.3. The van der Waals surface area contributed by atoms with Gasteiger partial charge in [0.05, 0.1) is 24.7 Å². The quantitative estimate of drug-likeness (QED) is 0.796. The van der Waals surface area contributed by atoms with Crippen molar-refractivity contribution in [3.63, 3.8) is 0 Å². The van der Waals surface area contributed by atoms with Crippen molar-refractivity contribution < 1.29 is 17.9 Å². The summed E-state index contributed by atoms with van der Waals surface area (Å²) in [4.78, 5) is 18.5. The maximum absolute atomic E-state index is 12.3. The molecule has 1 aromatic rings. The van der Waals surface area contributed by atoms with Gasteiger partial charge in [-0.2, -0.15) is 4.99 Å². The van der Waals surface area contributed by atoms with Gasteiger partial charge in [0.1, 0.15) is 5.75 Å². The van der Waals surface area contributed by atoms with Crippen LogP contribution in [0.2, 0.25) is 0 Å². The molecule has 0 N–H and O–H groups in total. The highest BCUT2D eigenvalue weighted by molar-refractivity contribution is 8.16. The minimum atomic E-state index is -3.06. The summed E-state index contributed by atoms with van der Waals surface area (Å²) in [5.41, 5.74) is 0.827. The van der Waals surface area contributed by atoms with Crippen molar-refractivity contribution in [3.05, 3.63) is 24.3 Å². The Hall–Kier alpha value is -1.54. The number of benzene rings is 1. The molecule has 8 heteroatoms. The lowest BCUT2D eigenvalue weighted by Crippen LogP contribution is -2.37. The van der Waals surface area contributed by atoms with Gasteiger partial charge < -0.3 is 9.64 Å². The number of hydrogen-bond donors (Lipinski definition) is 0. The summed E-state index contributed by atoms with van der Waals surface area (Å²) in [5, 5.41) is 0.510. The maximum atomic E-state index is 12.3. The number of amidine groups is 1. The van der Waals surface area contributed by atoms with E-state index in [-0.39, 0.29) is 34.6 Å². The maximum Gasteiger partial charge on any atom is 0.250 e. The Morgan fingerprint density at radius 3 is 2.64 bits per heavy atom. The van der Waals surface area contributed by atoms with Crippen LogP contribution in [0.15, 0.2) is 29.3 Å². The first-order valence-corrected chi connectivity index (χ1v) is 11.0. The molecular weight excluding hydrogens is 360 g/mol. The zero-order chi connectivity index (χ0) is 18.2. The Morgan fingerprint density at radius 2 is 2.04 bits per heavy atom. The lowest BCUT2D eigenvalue weighted by Gasteiger charge is -2.24. The molecule has 0 saturated carbocycles. The number of rotatable bonds is 4. The molecule has 0 aliphatic carbocycles. The van der Waals surface area contributed by atoms with Crippen LogP contribution in [0, 0.1) is 5.92 Å². The first kappa shape index (κ1) is 18.3. The number of anilines is 1. The molecule has 2 aliphatic rings. The van der Waals surface area contributed by atoms with Crippen LogP contribution in [0.3, 0.4) is 0 Å². The van der Waals surface area contributed by atoms with Gasteiger partial charge in [0, 0.05) is 16.9 Å². The molecule has 0 bridgehead atoms. The van der Waals surface area contributed by atoms with Crippen LogP contribution in [-0.4, -0.2) is 49.4 Å². The molecule has 1 aromatic carbocycles. The van der Waals surface area contributed by atoms with Gasteiger partial charge >= 0.3 is 0 Å². The lowest BCUT2D eigenvalue weighted by molar-refractivity contribution is -0.121. The number of carbonyl (C=O) groups excluding carboxylic acids is 1. The van der Waals surface area contributed by atoms with Crippen molar-refractivity contribution >= 4 is 38.4 Å². The van der Waals surface area contributed by atoms with Crippen LogP contribution in [-0.2, 0) is 14.6 Å². The smallest absolute Gasteiger partial charge is 0.250 e. The molecule has 0 radical (unpaired) electrons. The number of methoxy groups -OCH3 is 1. The average Bonchev–Trinajstić information content (AvgIpc) is 3.05. The number of hydrogen-bond acceptors (Lipinski definition) is 5. The summed E-state index contributed by atoms with van der Waals surface area (Å²) in [6, 6.07) is 7.20. The molecule has 2 aliphatic heterocycles. The zero-order valence-electron chi connectivity index (χ0n) is 14.5. The Kier molecular flexibility index (Phi) is 5.11. The van der Waals surface area contributed by atoms with E-state index in [4.69, 9.17) is 4.74 Å². The number of fused-ring (bicyclic) bond motifs is 1. The zero-order valence-corrected chi connectivity index (χ0v) is 16.1. The highest BCUT2D eigenvalue weighted by Crippen LogP contribution is 2.41. The van der Waals surface area contributed by atoms with Crippen LogP contribution < -0.4 is 9.64 Å². The molecule has 2 saturated heterocycles. The Labute approximate surface area is 152 Å². The molecule has 0 spiro atoms. The normalized spacial score (nSPS) is 27.3. The molecule has 2 heterocycles. The van der Waals surface area contributed by atoms with E-state index in [1.54, 1.807) is 7.11 Å². The van der Waals surface area contributed by atoms with Crippen molar-refractivity contribution in [3.8, 4) is 5.75 Å². The third-order valence-corrected chi connectivity index (χ3v) is 7.87. The van der Waals surface area contributed by atoms with E-state index >= 15 is 0 Å². The van der Waals surface area contributed by atoms with Crippen LogP contribution in [0.1, 0.15) is 20.3 Å². The standard InChI is InChI=1S/C17H22N2O4S2/c1-4-11(2)16(20)18-17-19(12-5-7-13(23-3)8-6-12)14-9-25(21,22)10-15(14)24-17/h5-8,11,14-15H,4,9-10H2,1-3H3/t11-,14-,15+/m1/s1. The summed E-state index contributed by atoms with van der Waals surface area (Å²) in [7, 11) is -1.46. The summed E-state index contributed by atoms with van der Waals surface area (Å²) in [5.74, 6) is 0.639. The Bertz CT molecular complexity index is 789. The third kappa shape index (κ3) is 3.69. The molecule has 25 heavy (non-hydrogen) atoms. The predicted molar refractivity (Wildman–Crippen MR) is 101 cm³/mol. The molecule has 3 atom stereocenters. The van der Waals surface area contributed by atoms with E-state index in [0.717, 1.165) is 17.9 Å². The van der Waals surface area contributed by atoms with Gasteiger partial charge in [0.15, 0.2) is 15.0 Å². The molecule has 1 amide bonds. The highest BCUT2D eigenvalue weighted by atomic mass is 32.2. The largest absolute Gasteiger partial charge is 0.497 e. The van der Waals surface area contributed by atoms with E-state index in [1.807, 2.05) is 43.0 Å². The van der Waals surface area contributed by atoms with E-state index in [2.05, 4.69) is 4.99 Å². The predicted octanol–water partition coefficient (Wildman–Crippen LogP) is 2.34. The second-order valence-electron chi connectivity index (χ2n) is 6.41. The van der Waals surface area contributed by atoms with E-state index in [9.17, 15) is 13.2 Å². The van der Waals surface area contributed by atoms with Gasteiger partial charge in [-0.25, -0.2) is 8.42 Å². The molecule has 3 rings (SSSR count). The van der Waals surface area contributed by atoms with Crippen LogP contribution in [0.5, 0.6) is 5.75 Å². The van der Waals surface area contributed by atoms with E-state index in [0.29, 0.717) is 5.17 Å². The Morgan fingerprint density at radius 1 is 1.36 bits per heavy atom. The second kappa shape index (κ2) is 6.99. The average molecular weight is 383 g/mol. The number of amides is 1. The first-order chi connectivity index (χ1) is 11.8. The molecule has 6 nitrogen and oxygen atoms in total. The van der Waals surface area contributed by atoms with Crippen molar-refractivity contribution in [1.82, 2.24) is 0 Å². The van der Waals surface area contributed by atoms with Crippen molar-refractivity contribution in [2.24, 2.45) is 10.9 Å². The lowest BCUT2D eigenvalue weighted by atomic mass is 10.1. The van der Waals surface area contributed by atoms with Crippen LogP contribution in [0.25, 0.3) is 0 Å². The fraction of sp³-hybridized carbons (Fsp3) is 0.529. The number of aliphatic imine (C=N–C) groups is 1. The number of carbonyl (C=O) groups is 1. The first-order valence-electron chi connectivity index (χ1n) is 8.27. The van der Waals surface area contributed by atoms with Gasteiger partial charge in [-0.3, -0.25) is 4.79 Å². The van der Waals surface area contributed by atoms with Crippen molar-refractivity contribution in [2.45, 2.75) is 31.6 Å².